The normalized spacial score (nSPS) is 11.6. The fraction of sp³-hybridized carbons (Fsp3) is 0.500. The first kappa shape index (κ1) is 6.92. The molecule has 0 spiro atoms. The number of carbonyl (C=O) groups excluding carboxylic acids is 1. The number of hydrogen-bond acceptors (Lipinski definition) is 4. The smallest absolute Gasteiger partial charge is 0.349 e. The zero-order chi connectivity index (χ0) is 6.57. The van der Waals surface area contributed by atoms with Crippen molar-refractivity contribution in [3.63, 3.8) is 0 Å². The minimum absolute atomic E-state index is 0.924. The molecular weight excluding hydrogens is 110 g/mol. The lowest BCUT2D eigenvalue weighted by atomic mass is 10.4. The average Bonchev–Trinajstić information content (AvgIpc) is 1.84. The molecule has 1 unspecified atom stereocenters. The summed E-state index contributed by atoms with van der Waals surface area (Å²) >= 11 is 0. The number of aliphatic hydroxyl groups excluding tert-OH is 1. The van der Waals surface area contributed by atoms with Gasteiger partial charge in [-0.15, -0.1) is 0 Å². The lowest BCUT2D eigenvalue weighted by Gasteiger charge is -1.94. The summed E-state index contributed by atoms with van der Waals surface area (Å²) in [6, 6.07) is 1.30. The van der Waals surface area contributed by atoms with Gasteiger partial charge in [-0.05, 0) is 0 Å². The molecule has 0 saturated heterocycles. The van der Waals surface area contributed by atoms with Gasteiger partial charge in [0.1, 0.15) is 6.07 Å². The molecule has 0 saturated carbocycles. The largest absolute Gasteiger partial charge is 0.466 e. The number of aliphatic hydroxyl groups is 1. The van der Waals surface area contributed by atoms with Crippen LogP contribution >= 0.6 is 0 Å². The van der Waals surface area contributed by atoms with Crippen LogP contribution in [0, 0.1) is 11.3 Å². The van der Waals surface area contributed by atoms with Gasteiger partial charge in [-0.3, -0.25) is 0 Å². The maximum absolute atomic E-state index is 10.0. The molecule has 0 rings (SSSR count). The lowest BCUT2D eigenvalue weighted by molar-refractivity contribution is -0.147. The second-order valence-electron chi connectivity index (χ2n) is 1.05. The highest BCUT2D eigenvalue weighted by Gasteiger charge is 2.11. The van der Waals surface area contributed by atoms with Crippen LogP contribution in [0.15, 0.2) is 0 Å². The summed E-state index contributed by atoms with van der Waals surface area (Å²) in [5.41, 5.74) is 0. The first-order valence-electron chi connectivity index (χ1n) is 1.88. The van der Waals surface area contributed by atoms with E-state index in [1.807, 2.05) is 0 Å². The first-order chi connectivity index (χ1) is 3.72. The molecule has 8 heavy (non-hydrogen) atoms. The highest BCUT2D eigenvalue weighted by Crippen LogP contribution is 1.81. The van der Waals surface area contributed by atoms with Gasteiger partial charge in [-0.25, -0.2) is 4.79 Å². The Balaban J connectivity index is 3.68. The summed E-state index contributed by atoms with van der Waals surface area (Å²) in [5, 5.41) is 16.1. The number of carbonyl (C=O) groups is 1. The van der Waals surface area contributed by atoms with E-state index in [-0.39, 0.29) is 0 Å². The topological polar surface area (TPSA) is 70.3 Å². The molecule has 1 atom stereocenters. The predicted octanol–water partition coefficient (Wildman–Crippen LogP) is -0.956. The predicted molar refractivity (Wildman–Crippen MR) is 23.6 cm³/mol. The Morgan fingerprint density at radius 3 is 2.62 bits per heavy atom. The van der Waals surface area contributed by atoms with Gasteiger partial charge in [0, 0.05) is 0 Å². The van der Waals surface area contributed by atoms with Crippen LogP contribution in [0.25, 0.3) is 0 Å². The molecule has 0 amide bonds. The van der Waals surface area contributed by atoms with Gasteiger partial charge in [0.15, 0.2) is 0 Å². The van der Waals surface area contributed by atoms with Crippen molar-refractivity contribution in [3.8, 4) is 6.07 Å². The van der Waals surface area contributed by atoms with Crippen LogP contribution in [0.5, 0.6) is 0 Å². The number of esters is 1. The Morgan fingerprint density at radius 1 is 2.00 bits per heavy atom. The molecule has 0 heterocycles. The van der Waals surface area contributed by atoms with E-state index in [1.54, 1.807) is 0 Å². The highest BCUT2D eigenvalue weighted by atomic mass is 16.5. The number of ether oxygens (including phenoxy) is 1. The van der Waals surface area contributed by atoms with Crippen molar-refractivity contribution >= 4 is 5.97 Å². The van der Waals surface area contributed by atoms with Gasteiger partial charge in [0.05, 0.1) is 7.11 Å². The Hall–Kier alpha value is -1.08. The Bertz CT molecular complexity index is 126. The van der Waals surface area contributed by atoms with E-state index in [4.69, 9.17) is 10.4 Å². The third-order valence-corrected chi connectivity index (χ3v) is 0.547. The summed E-state index contributed by atoms with van der Waals surface area (Å²) in [4.78, 5) is 10.0. The van der Waals surface area contributed by atoms with Crippen LogP contribution < -0.4 is 0 Å². The van der Waals surface area contributed by atoms with Gasteiger partial charge in [0.2, 0.25) is 6.10 Å². The van der Waals surface area contributed by atoms with Crippen LogP contribution in [0.2, 0.25) is 0 Å². The average molecular weight is 115 g/mol. The highest BCUT2D eigenvalue weighted by molar-refractivity contribution is 5.77. The second-order valence-corrected chi connectivity index (χ2v) is 1.05. The first-order valence-corrected chi connectivity index (χ1v) is 1.88. The van der Waals surface area contributed by atoms with E-state index in [0.29, 0.717) is 0 Å². The van der Waals surface area contributed by atoms with E-state index >= 15 is 0 Å². The van der Waals surface area contributed by atoms with Gasteiger partial charge < -0.3 is 9.84 Å². The molecular formula is C4H5NO3. The van der Waals surface area contributed by atoms with Crippen molar-refractivity contribution in [2.75, 3.05) is 7.11 Å². The second kappa shape index (κ2) is 2.99. The molecule has 0 radical (unpaired) electrons. The quantitative estimate of drug-likeness (QED) is 0.353. The fourth-order valence-corrected chi connectivity index (χ4v) is 0.164. The monoisotopic (exact) mass is 115 g/mol. The molecule has 0 aliphatic carbocycles. The molecule has 1 N–H and O–H groups in total. The lowest BCUT2D eigenvalue weighted by Crippen LogP contribution is -2.18. The van der Waals surface area contributed by atoms with Gasteiger partial charge in [0.25, 0.3) is 0 Å². The van der Waals surface area contributed by atoms with E-state index in [9.17, 15) is 4.79 Å². The molecule has 0 aromatic rings. The van der Waals surface area contributed by atoms with Crippen molar-refractivity contribution in [2.24, 2.45) is 0 Å². The van der Waals surface area contributed by atoms with Gasteiger partial charge in [-0.1, -0.05) is 0 Å². The molecule has 4 heteroatoms. The molecule has 0 aliphatic heterocycles. The van der Waals surface area contributed by atoms with Gasteiger partial charge in [-0.2, -0.15) is 5.26 Å². The maximum atomic E-state index is 10.0. The summed E-state index contributed by atoms with van der Waals surface area (Å²) in [6.45, 7) is 0. The molecule has 0 aromatic carbocycles. The molecule has 0 aliphatic rings. The summed E-state index contributed by atoms with van der Waals surface area (Å²) < 4.78 is 3.99. The summed E-state index contributed by atoms with van der Waals surface area (Å²) in [6.07, 6.45) is -1.64. The Kier molecular flexibility index (Phi) is 2.59. The Morgan fingerprint density at radius 2 is 2.50 bits per heavy atom. The van der Waals surface area contributed by atoms with Crippen LogP contribution in [0.4, 0.5) is 0 Å². The minimum Gasteiger partial charge on any atom is -0.466 e. The van der Waals surface area contributed by atoms with Crippen molar-refractivity contribution < 1.29 is 14.6 Å². The van der Waals surface area contributed by atoms with Crippen LogP contribution in [-0.4, -0.2) is 24.3 Å². The maximum Gasteiger partial charge on any atom is 0.349 e. The van der Waals surface area contributed by atoms with E-state index in [0.717, 1.165) is 7.11 Å². The number of hydrogen-bond donors (Lipinski definition) is 1. The third kappa shape index (κ3) is 1.58. The Labute approximate surface area is 46.3 Å². The zero-order valence-corrected chi connectivity index (χ0v) is 4.29. The zero-order valence-electron chi connectivity index (χ0n) is 4.29. The van der Waals surface area contributed by atoms with Crippen molar-refractivity contribution in [3.05, 3.63) is 0 Å². The van der Waals surface area contributed by atoms with Crippen molar-refractivity contribution in [1.29, 1.82) is 5.26 Å². The van der Waals surface area contributed by atoms with Crippen molar-refractivity contribution in [1.82, 2.24) is 0 Å². The van der Waals surface area contributed by atoms with E-state index in [2.05, 4.69) is 4.74 Å². The number of nitriles is 1. The standard InChI is InChI=1S/C4H5NO3/c1-8-4(7)3(6)2-5/h3,6H,1H3. The molecule has 0 fully saturated rings. The SMILES string of the molecule is COC(=O)C(O)C#N. The summed E-state index contributed by atoms with van der Waals surface area (Å²) in [7, 11) is 1.10. The van der Waals surface area contributed by atoms with Crippen LogP contribution in [0.1, 0.15) is 0 Å². The minimum atomic E-state index is -1.64. The fourth-order valence-electron chi connectivity index (χ4n) is 0.164. The van der Waals surface area contributed by atoms with Gasteiger partial charge >= 0.3 is 5.97 Å². The number of rotatable bonds is 1. The number of methoxy groups -OCH3 is 1. The van der Waals surface area contributed by atoms with Crippen molar-refractivity contribution in [2.45, 2.75) is 6.10 Å². The van der Waals surface area contributed by atoms with Crippen LogP contribution in [0.3, 0.4) is 0 Å². The van der Waals surface area contributed by atoms with E-state index < -0.39 is 12.1 Å². The third-order valence-electron chi connectivity index (χ3n) is 0.547. The molecule has 0 bridgehead atoms. The summed E-state index contributed by atoms with van der Waals surface area (Å²) in [5.74, 6) is -0.924. The molecule has 4 nitrogen and oxygen atoms in total. The number of nitrogens with zero attached hydrogens (tertiary/aromatic N) is 1. The van der Waals surface area contributed by atoms with Crippen LogP contribution in [-0.2, 0) is 9.53 Å². The molecule has 0 aromatic heterocycles. The molecule has 44 valence electrons. The van der Waals surface area contributed by atoms with E-state index in [1.165, 1.54) is 6.07 Å².